The van der Waals surface area contributed by atoms with Gasteiger partial charge in [-0.05, 0) is 26.9 Å². The molecule has 2 rings (SSSR count). The van der Waals surface area contributed by atoms with E-state index in [-0.39, 0.29) is 5.92 Å². The third-order valence-electron chi connectivity index (χ3n) is 3.37. The summed E-state index contributed by atoms with van der Waals surface area (Å²) in [6.07, 6.45) is 11.0. The van der Waals surface area contributed by atoms with Crippen LogP contribution in [0.4, 0.5) is 0 Å². The fourth-order valence-corrected chi connectivity index (χ4v) is 3.96. The molecule has 0 amide bonds. The van der Waals surface area contributed by atoms with E-state index < -0.39 is 0 Å². The van der Waals surface area contributed by atoms with E-state index in [4.69, 9.17) is 17.2 Å². The minimum Gasteiger partial charge on any atom is -0.305 e. The van der Waals surface area contributed by atoms with Gasteiger partial charge in [-0.1, -0.05) is 49.3 Å². The molecule has 4 heteroatoms. The van der Waals surface area contributed by atoms with Crippen LogP contribution in [0, 0.1) is 5.92 Å². The van der Waals surface area contributed by atoms with Gasteiger partial charge in [0.15, 0.2) is 0 Å². The summed E-state index contributed by atoms with van der Waals surface area (Å²) in [6, 6.07) is 0.554. The van der Waals surface area contributed by atoms with Crippen molar-refractivity contribution in [1.82, 2.24) is 4.90 Å². The van der Waals surface area contributed by atoms with Crippen molar-refractivity contribution in [3.8, 4) is 0 Å². The molecule has 2 nitrogen and oxygen atoms in total. The van der Waals surface area contributed by atoms with Gasteiger partial charge >= 0.3 is 0 Å². The Hall–Kier alpha value is -0.190. The number of hydrogen-bond donors (Lipinski definition) is 0. The van der Waals surface area contributed by atoms with E-state index in [9.17, 15) is 0 Å². The lowest BCUT2D eigenvalue weighted by Gasteiger charge is -2.17. The van der Waals surface area contributed by atoms with Crippen molar-refractivity contribution in [1.29, 1.82) is 0 Å². The fourth-order valence-electron chi connectivity index (χ4n) is 2.44. The molecule has 1 unspecified atom stereocenters. The summed E-state index contributed by atoms with van der Waals surface area (Å²) in [5.74, 6) is 0.280. The van der Waals surface area contributed by atoms with Gasteiger partial charge in [0.05, 0.1) is 10.1 Å². The van der Waals surface area contributed by atoms with Gasteiger partial charge in [0.1, 0.15) is 0 Å². The molecule has 1 aliphatic carbocycles. The Kier molecular flexibility index (Phi) is 5.39. The Bertz CT molecular complexity index is 355. The molecule has 1 fully saturated rings. The van der Waals surface area contributed by atoms with E-state index in [1.807, 2.05) is 0 Å². The van der Waals surface area contributed by atoms with E-state index in [1.54, 1.807) is 11.8 Å². The smallest absolute Gasteiger partial charge is 0.0646 e. The molecule has 0 saturated heterocycles. The predicted octanol–water partition coefficient (Wildman–Crippen LogP) is 3.53. The zero-order valence-corrected chi connectivity index (χ0v) is 12.9. The monoisotopic (exact) mass is 282 g/mol. The second kappa shape index (κ2) is 6.83. The summed E-state index contributed by atoms with van der Waals surface area (Å²) in [5.41, 5.74) is 0. The summed E-state index contributed by atoms with van der Waals surface area (Å²) in [6.45, 7) is 0.985. The molecular formula is C14H22N2S2. The minimum absolute atomic E-state index is 0.280. The van der Waals surface area contributed by atoms with Crippen molar-refractivity contribution in [2.24, 2.45) is 10.9 Å². The highest BCUT2D eigenvalue weighted by atomic mass is 32.2. The average Bonchev–Trinajstić information content (AvgIpc) is 2.67. The van der Waals surface area contributed by atoms with Gasteiger partial charge in [0, 0.05) is 23.7 Å². The van der Waals surface area contributed by atoms with Gasteiger partial charge in [0.2, 0.25) is 0 Å². The van der Waals surface area contributed by atoms with Crippen LogP contribution in [0.2, 0.25) is 0 Å². The molecule has 0 bridgehead atoms. The molecule has 0 spiro atoms. The predicted molar refractivity (Wildman–Crippen MR) is 85.7 cm³/mol. The van der Waals surface area contributed by atoms with E-state index in [2.05, 4.69) is 31.3 Å². The lowest BCUT2D eigenvalue weighted by atomic mass is 9.96. The highest BCUT2D eigenvalue weighted by Crippen LogP contribution is 2.32. The Balaban J connectivity index is 1.89. The highest BCUT2D eigenvalue weighted by molar-refractivity contribution is 8.26. The molecule has 1 atom stereocenters. The molecule has 0 aromatic heterocycles. The van der Waals surface area contributed by atoms with Crippen molar-refractivity contribution in [3.63, 3.8) is 0 Å². The first kappa shape index (κ1) is 14.2. The maximum atomic E-state index is 5.44. The molecule has 1 aliphatic heterocycles. The number of aliphatic imine (C=N–C) groups is 1. The van der Waals surface area contributed by atoms with Crippen molar-refractivity contribution >= 4 is 34.4 Å². The lowest BCUT2D eigenvalue weighted by molar-refractivity contribution is 0.444. The first-order chi connectivity index (χ1) is 8.65. The topological polar surface area (TPSA) is 15.6 Å². The standard InChI is InChI=1S/C14H22N2S2/c1-16(2)10-13-8-11(14(17)18-13)9-15-12-6-4-3-5-7-12/h8-9,11-12H,3-7,10H2,1-2H3. The molecule has 18 heavy (non-hydrogen) atoms. The van der Waals surface area contributed by atoms with Crippen LogP contribution in [0.25, 0.3) is 0 Å². The SMILES string of the molecule is CN(C)CC1=CC(C=NC2CCCCC2)C(=S)S1. The third-order valence-corrected chi connectivity index (χ3v) is 4.90. The molecule has 0 radical (unpaired) electrons. The second-order valence-corrected chi connectivity index (χ2v) is 7.27. The molecule has 0 N–H and O–H groups in total. The summed E-state index contributed by atoms with van der Waals surface area (Å²) in [7, 11) is 4.18. The first-order valence-electron chi connectivity index (χ1n) is 6.75. The maximum Gasteiger partial charge on any atom is 0.0646 e. The number of likely N-dealkylation sites (N-methyl/N-ethyl adjacent to an activating group) is 1. The van der Waals surface area contributed by atoms with Crippen LogP contribution >= 0.6 is 24.0 Å². The Morgan fingerprint density at radius 2 is 2.11 bits per heavy atom. The summed E-state index contributed by atoms with van der Waals surface area (Å²) >= 11 is 7.19. The molecule has 2 aliphatic rings. The minimum atomic E-state index is 0.280. The quantitative estimate of drug-likeness (QED) is 0.579. The molecule has 0 aromatic rings. The van der Waals surface area contributed by atoms with Crippen LogP contribution in [0.1, 0.15) is 32.1 Å². The van der Waals surface area contributed by atoms with E-state index in [0.717, 1.165) is 10.7 Å². The normalized spacial score (nSPS) is 26.3. The number of thiocarbonyl (C=S) groups is 1. The van der Waals surface area contributed by atoms with Crippen LogP contribution in [0.3, 0.4) is 0 Å². The van der Waals surface area contributed by atoms with E-state index in [1.165, 1.54) is 37.0 Å². The fraction of sp³-hybridized carbons (Fsp3) is 0.714. The molecule has 0 aromatic carbocycles. The lowest BCUT2D eigenvalue weighted by Crippen LogP contribution is -2.13. The average molecular weight is 282 g/mol. The van der Waals surface area contributed by atoms with Crippen molar-refractivity contribution in [3.05, 3.63) is 11.0 Å². The van der Waals surface area contributed by atoms with Gasteiger partial charge < -0.3 is 4.90 Å². The molecule has 1 saturated carbocycles. The maximum absolute atomic E-state index is 5.44. The van der Waals surface area contributed by atoms with E-state index >= 15 is 0 Å². The summed E-state index contributed by atoms with van der Waals surface area (Å²) in [4.78, 5) is 8.29. The first-order valence-corrected chi connectivity index (χ1v) is 7.98. The van der Waals surface area contributed by atoms with E-state index in [0.29, 0.717) is 6.04 Å². The zero-order valence-electron chi connectivity index (χ0n) is 11.3. The van der Waals surface area contributed by atoms with Gasteiger partial charge in [-0.3, -0.25) is 4.99 Å². The number of nitrogens with zero attached hydrogens (tertiary/aromatic N) is 2. The van der Waals surface area contributed by atoms with Gasteiger partial charge in [-0.2, -0.15) is 0 Å². The summed E-state index contributed by atoms with van der Waals surface area (Å²) in [5, 5.41) is 0. The van der Waals surface area contributed by atoms with Gasteiger partial charge in [-0.25, -0.2) is 0 Å². The Morgan fingerprint density at radius 1 is 1.39 bits per heavy atom. The number of thioether (sulfide) groups is 1. The molecule has 1 heterocycles. The number of rotatable bonds is 4. The zero-order chi connectivity index (χ0) is 13.0. The Labute approximate surface area is 120 Å². The molecule has 100 valence electrons. The van der Waals surface area contributed by atoms with Gasteiger partial charge in [0.25, 0.3) is 0 Å². The number of hydrogen-bond acceptors (Lipinski definition) is 4. The second-order valence-electron chi connectivity index (χ2n) is 5.41. The van der Waals surface area contributed by atoms with Crippen LogP contribution in [-0.2, 0) is 0 Å². The largest absolute Gasteiger partial charge is 0.305 e. The van der Waals surface area contributed by atoms with Crippen LogP contribution in [0.5, 0.6) is 0 Å². The van der Waals surface area contributed by atoms with Gasteiger partial charge in [-0.15, -0.1) is 0 Å². The Morgan fingerprint density at radius 3 is 2.78 bits per heavy atom. The highest BCUT2D eigenvalue weighted by Gasteiger charge is 2.21. The summed E-state index contributed by atoms with van der Waals surface area (Å²) < 4.78 is 1.06. The van der Waals surface area contributed by atoms with Crippen molar-refractivity contribution in [2.45, 2.75) is 38.1 Å². The number of allylic oxidation sites excluding steroid dienone is 1. The van der Waals surface area contributed by atoms with Crippen molar-refractivity contribution in [2.75, 3.05) is 20.6 Å². The molecular weight excluding hydrogens is 260 g/mol. The third kappa shape index (κ3) is 4.18. The van der Waals surface area contributed by atoms with Crippen molar-refractivity contribution < 1.29 is 0 Å². The van der Waals surface area contributed by atoms with Crippen LogP contribution in [-0.4, -0.2) is 42.0 Å². The van der Waals surface area contributed by atoms with Crippen LogP contribution < -0.4 is 0 Å². The van der Waals surface area contributed by atoms with Crippen LogP contribution in [0.15, 0.2) is 16.0 Å².